The number of hydrogen-bond donors (Lipinski definition) is 1. The molecule has 2 aromatic rings. The van der Waals surface area contributed by atoms with Crippen LogP contribution in [0.1, 0.15) is 36.5 Å². The maximum absolute atomic E-state index is 12.2. The first-order valence-electron chi connectivity index (χ1n) is 8.86. The molecule has 0 aliphatic carbocycles. The number of thioether (sulfide) groups is 1. The highest BCUT2D eigenvalue weighted by Gasteiger charge is 2.30. The van der Waals surface area contributed by atoms with Crippen molar-refractivity contribution in [3.8, 4) is 5.75 Å². The highest BCUT2D eigenvalue weighted by Crippen LogP contribution is 2.24. The Morgan fingerprint density at radius 3 is 2.48 bits per heavy atom. The van der Waals surface area contributed by atoms with Gasteiger partial charge in [0.15, 0.2) is 5.17 Å². The fourth-order valence-electron chi connectivity index (χ4n) is 2.68. The van der Waals surface area contributed by atoms with Crippen LogP contribution in [0.3, 0.4) is 0 Å². The molecule has 1 unspecified atom stereocenters. The third kappa shape index (κ3) is 5.20. The molecule has 1 aliphatic heterocycles. The molecule has 0 aromatic heterocycles. The van der Waals surface area contributed by atoms with Gasteiger partial charge in [-0.05, 0) is 53.3 Å². The summed E-state index contributed by atoms with van der Waals surface area (Å²) in [4.78, 5) is 12.2. The Kier molecular flexibility index (Phi) is 6.29. The summed E-state index contributed by atoms with van der Waals surface area (Å²) in [6.07, 6.45) is 2.33. The van der Waals surface area contributed by atoms with Crippen molar-refractivity contribution >= 4 is 29.1 Å². The lowest BCUT2D eigenvalue weighted by atomic mass is 10.0. The first-order valence-corrected chi connectivity index (χ1v) is 9.74. The summed E-state index contributed by atoms with van der Waals surface area (Å²) in [5.74, 6) is 1.28. The van der Waals surface area contributed by atoms with E-state index in [0.717, 1.165) is 16.9 Å². The molecule has 0 saturated carbocycles. The summed E-state index contributed by atoms with van der Waals surface area (Å²) in [5, 5.41) is 11.4. The van der Waals surface area contributed by atoms with E-state index in [9.17, 15) is 4.79 Å². The van der Waals surface area contributed by atoms with Crippen LogP contribution in [0.2, 0.25) is 0 Å². The van der Waals surface area contributed by atoms with Crippen molar-refractivity contribution in [1.82, 2.24) is 5.32 Å². The van der Waals surface area contributed by atoms with E-state index in [4.69, 9.17) is 4.74 Å². The van der Waals surface area contributed by atoms with Gasteiger partial charge in [-0.15, -0.1) is 5.10 Å². The normalized spacial score (nSPS) is 18.4. The lowest BCUT2D eigenvalue weighted by Crippen LogP contribution is -2.25. The van der Waals surface area contributed by atoms with Crippen molar-refractivity contribution in [3.05, 3.63) is 65.2 Å². The number of carbonyl (C=O) groups is 1. The summed E-state index contributed by atoms with van der Waals surface area (Å²) in [7, 11) is 1.63. The number of carbonyl (C=O) groups excluding carboxylic acids is 1. The number of amides is 1. The number of rotatable bonds is 6. The van der Waals surface area contributed by atoms with E-state index in [2.05, 4.69) is 53.6 Å². The van der Waals surface area contributed by atoms with Crippen molar-refractivity contribution in [2.24, 2.45) is 10.2 Å². The number of hydrogen-bond acceptors (Lipinski definition) is 5. The van der Waals surface area contributed by atoms with Gasteiger partial charge in [-0.1, -0.05) is 49.9 Å². The minimum absolute atomic E-state index is 0.0219. The Balaban J connectivity index is 1.58. The Morgan fingerprint density at radius 1 is 1.15 bits per heavy atom. The highest BCUT2D eigenvalue weighted by atomic mass is 32.2. The lowest BCUT2D eigenvalue weighted by molar-refractivity contribution is -0.118. The van der Waals surface area contributed by atoms with Crippen molar-refractivity contribution in [3.63, 3.8) is 0 Å². The second kappa shape index (κ2) is 8.86. The van der Waals surface area contributed by atoms with Gasteiger partial charge in [0, 0.05) is 0 Å². The van der Waals surface area contributed by atoms with Crippen molar-refractivity contribution in [2.45, 2.75) is 31.4 Å². The predicted octanol–water partition coefficient (Wildman–Crippen LogP) is 3.98. The molecule has 0 spiro atoms. The van der Waals surface area contributed by atoms with Gasteiger partial charge in [0.25, 0.3) is 0 Å². The van der Waals surface area contributed by atoms with Gasteiger partial charge in [-0.25, -0.2) is 0 Å². The molecule has 2 aromatic carbocycles. The SMILES string of the molecule is COc1ccc(/C=N/N=C2\NC(=O)C(Cc3ccc(C(C)C)cc3)S2)cc1. The molecule has 6 heteroatoms. The highest BCUT2D eigenvalue weighted by molar-refractivity contribution is 8.15. The third-order valence-electron chi connectivity index (χ3n) is 4.32. The molecule has 0 bridgehead atoms. The van der Waals surface area contributed by atoms with E-state index in [0.29, 0.717) is 17.5 Å². The minimum atomic E-state index is -0.176. The average molecular weight is 382 g/mol. The van der Waals surface area contributed by atoms with Crippen LogP contribution in [-0.4, -0.2) is 29.6 Å². The van der Waals surface area contributed by atoms with Gasteiger partial charge in [0.2, 0.25) is 5.91 Å². The monoisotopic (exact) mass is 381 g/mol. The molecule has 1 amide bonds. The zero-order chi connectivity index (χ0) is 19.2. The van der Waals surface area contributed by atoms with Crippen LogP contribution in [0, 0.1) is 0 Å². The summed E-state index contributed by atoms with van der Waals surface area (Å²) in [6, 6.07) is 16.0. The molecular weight excluding hydrogens is 358 g/mol. The second-order valence-electron chi connectivity index (χ2n) is 6.62. The van der Waals surface area contributed by atoms with Crippen LogP contribution in [0.4, 0.5) is 0 Å². The van der Waals surface area contributed by atoms with Gasteiger partial charge >= 0.3 is 0 Å². The van der Waals surface area contributed by atoms with Gasteiger partial charge in [-0.2, -0.15) is 5.10 Å². The molecule has 1 fully saturated rings. The van der Waals surface area contributed by atoms with Gasteiger partial charge < -0.3 is 10.1 Å². The summed E-state index contributed by atoms with van der Waals surface area (Å²) < 4.78 is 5.12. The number of amidine groups is 1. The fraction of sp³-hybridized carbons (Fsp3) is 0.286. The summed E-state index contributed by atoms with van der Waals surface area (Å²) in [6.45, 7) is 4.34. The first kappa shape index (κ1) is 19.2. The molecule has 0 radical (unpaired) electrons. The first-order chi connectivity index (χ1) is 13.0. The maximum atomic E-state index is 12.2. The number of nitrogens with one attached hydrogen (secondary N) is 1. The van der Waals surface area contributed by atoms with Crippen molar-refractivity contribution in [2.75, 3.05) is 7.11 Å². The van der Waals surface area contributed by atoms with E-state index in [1.54, 1.807) is 13.3 Å². The smallest absolute Gasteiger partial charge is 0.239 e. The molecular formula is C21H23N3O2S. The van der Waals surface area contributed by atoms with E-state index < -0.39 is 0 Å². The lowest BCUT2D eigenvalue weighted by Gasteiger charge is -2.08. The largest absolute Gasteiger partial charge is 0.497 e. The Bertz CT molecular complexity index is 843. The predicted molar refractivity (Wildman–Crippen MR) is 112 cm³/mol. The standard InChI is InChI=1S/C21H23N3O2S/c1-14(2)17-8-4-15(5-9-17)12-19-20(25)23-21(27-19)24-22-13-16-6-10-18(26-3)11-7-16/h4-11,13-14,19H,12H2,1-3H3,(H,23,24,25)/b22-13+. The Labute approximate surface area is 163 Å². The van der Waals surface area contributed by atoms with Crippen LogP contribution in [-0.2, 0) is 11.2 Å². The van der Waals surface area contributed by atoms with Crippen LogP contribution in [0.15, 0.2) is 58.7 Å². The molecule has 140 valence electrons. The summed E-state index contributed by atoms with van der Waals surface area (Å²) >= 11 is 1.42. The molecule has 1 atom stereocenters. The average Bonchev–Trinajstić information content (AvgIpc) is 3.02. The van der Waals surface area contributed by atoms with E-state index >= 15 is 0 Å². The van der Waals surface area contributed by atoms with Crippen LogP contribution >= 0.6 is 11.8 Å². The molecule has 5 nitrogen and oxygen atoms in total. The number of ether oxygens (including phenoxy) is 1. The molecule has 1 heterocycles. The van der Waals surface area contributed by atoms with Crippen molar-refractivity contribution < 1.29 is 9.53 Å². The zero-order valence-corrected chi connectivity index (χ0v) is 16.5. The number of nitrogens with zero attached hydrogens (tertiary/aromatic N) is 2. The Hall–Kier alpha value is -2.60. The van der Waals surface area contributed by atoms with Crippen LogP contribution in [0.25, 0.3) is 0 Å². The summed E-state index contributed by atoms with van der Waals surface area (Å²) in [5.41, 5.74) is 3.36. The zero-order valence-electron chi connectivity index (χ0n) is 15.7. The fourth-order valence-corrected chi connectivity index (χ4v) is 3.64. The topological polar surface area (TPSA) is 63.1 Å². The van der Waals surface area contributed by atoms with Gasteiger partial charge in [-0.3, -0.25) is 4.79 Å². The Morgan fingerprint density at radius 2 is 1.85 bits per heavy atom. The quantitative estimate of drug-likeness (QED) is 0.608. The van der Waals surface area contributed by atoms with Crippen LogP contribution in [0.5, 0.6) is 5.75 Å². The van der Waals surface area contributed by atoms with Crippen LogP contribution < -0.4 is 10.1 Å². The van der Waals surface area contributed by atoms with E-state index in [1.165, 1.54) is 17.3 Å². The van der Waals surface area contributed by atoms with Crippen molar-refractivity contribution in [1.29, 1.82) is 0 Å². The molecule has 1 saturated heterocycles. The van der Waals surface area contributed by atoms with E-state index in [1.807, 2.05) is 24.3 Å². The molecule has 1 N–H and O–H groups in total. The minimum Gasteiger partial charge on any atom is -0.497 e. The third-order valence-corrected chi connectivity index (χ3v) is 5.39. The number of methoxy groups -OCH3 is 1. The van der Waals surface area contributed by atoms with Gasteiger partial charge in [0.05, 0.1) is 18.6 Å². The van der Waals surface area contributed by atoms with E-state index in [-0.39, 0.29) is 11.2 Å². The molecule has 27 heavy (non-hydrogen) atoms. The molecule has 3 rings (SSSR count). The van der Waals surface area contributed by atoms with Gasteiger partial charge in [0.1, 0.15) is 5.75 Å². The number of benzene rings is 2. The molecule has 1 aliphatic rings. The second-order valence-corrected chi connectivity index (χ2v) is 7.81. The maximum Gasteiger partial charge on any atom is 0.239 e.